The fourth-order valence-electron chi connectivity index (χ4n) is 2.52. The first-order valence-corrected chi connectivity index (χ1v) is 6.26. The molecule has 0 heteroatoms. The summed E-state index contributed by atoms with van der Waals surface area (Å²) in [6, 6.07) is 8.73. The predicted molar refractivity (Wildman–Crippen MR) is 76.0 cm³/mol. The maximum atomic E-state index is 2.29. The van der Waals surface area contributed by atoms with Crippen LogP contribution in [-0.2, 0) is 0 Å². The van der Waals surface area contributed by atoms with Crippen molar-refractivity contribution in [3.63, 3.8) is 0 Å². The van der Waals surface area contributed by atoms with E-state index < -0.39 is 0 Å². The van der Waals surface area contributed by atoms with Gasteiger partial charge in [0.15, 0.2) is 0 Å². The minimum Gasteiger partial charge on any atom is -0.0832 e. The van der Waals surface area contributed by atoms with Crippen molar-refractivity contribution >= 4 is 5.57 Å². The molecule has 0 saturated heterocycles. The van der Waals surface area contributed by atoms with E-state index >= 15 is 0 Å². The Bertz CT molecular complexity index is 509. The predicted octanol–water partition coefficient (Wildman–Crippen LogP) is 5.10. The molecule has 1 atom stereocenters. The van der Waals surface area contributed by atoms with Crippen molar-refractivity contribution in [3.05, 3.63) is 64.8 Å². The molecule has 88 valence electrons. The standard InChI is InChI=1S/C17H20/c1-5-14-13(4)15-8-6-7-9-16(15)17(14)11-10-12(2)3/h5-11,13H,1-4H3/b14-5?,17-11+. The summed E-state index contributed by atoms with van der Waals surface area (Å²) in [5.41, 5.74) is 7.02. The first-order chi connectivity index (χ1) is 8.15. The fourth-order valence-corrected chi connectivity index (χ4v) is 2.52. The van der Waals surface area contributed by atoms with Crippen molar-refractivity contribution in [1.82, 2.24) is 0 Å². The molecule has 0 aliphatic heterocycles. The van der Waals surface area contributed by atoms with Gasteiger partial charge in [-0.3, -0.25) is 0 Å². The van der Waals surface area contributed by atoms with Crippen LogP contribution in [0.1, 0.15) is 44.7 Å². The molecule has 0 nitrogen and oxygen atoms in total. The second-order valence-electron chi connectivity index (χ2n) is 4.88. The number of rotatable bonds is 1. The molecule has 0 amide bonds. The number of allylic oxidation sites excluding steroid dienone is 6. The molecule has 1 aromatic carbocycles. The van der Waals surface area contributed by atoms with Crippen molar-refractivity contribution in [3.8, 4) is 0 Å². The second-order valence-corrected chi connectivity index (χ2v) is 4.88. The summed E-state index contributed by atoms with van der Waals surface area (Å²) >= 11 is 0. The van der Waals surface area contributed by atoms with Crippen molar-refractivity contribution in [2.24, 2.45) is 0 Å². The Morgan fingerprint density at radius 3 is 2.53 bits per heavy atom. The summed E-state index contributed by atoms with van der Waals surface area (Å²) in [6.07, 6.45) is 6.70. The van der Waals surface area contributed by atoms with Crippen LogP contribution in [0.2, 0.25) is 0 Å². The van der Waals surface area contributed by atoms with Gasteiger partial charge in [0.05, 0.1) is 0 Å². The van der Waals surface area contributed by atoms with Crippen LogP contribution in [0.4, 0.5) is 0 Å². The Morgan fingerprint density at radius 1 is 1.18 bits per heavy atom. The summed E-state index contributed by atoms with van der Waals surface area (Å²) in [6.45, 7) is 8.69. The van der Waals surface area contributed by atoms with Gasteiger partial charge in [0, 0.05) is 5.92 Å². The monoisotopic (exact) mass is 224 g/mol. The molecular formula is C17H20. The maximum Gasteiger partial charge on any atom is 0.00700 e. The number of hydrogen-bond donors (Lipinski definition) is 0. The summed E-state index contributed by atoms with van der Waals surface area (Å²) in [7, 11) is 0. The third kappa shape index (κ3) is 2.12. The van der Waals surface area contributed by atoms with E-state index in [1.54, 1.807) is 0 Å². The van der Waals surface area contributed by atoms with E-state index in [2.05, 4.69) is 70.2 Å². The van der Waals surface area contributed by atoms with Crippen LogP contribution < -0.4 is 0 Å². The smallest absolute Gasteiger partial charge is 0.00700 e. The highest BCUT2D eigenvalue weighted by Gasteiger charge is 2.26. The molecular weight excluding hydrogens is 204 g/mol. The third-order valence-electron chi connectivity index (χ3n) is 3.39. The molecule has 2 rings (SSSR count). The quantitative estimate of drug-likeness (QED) is 0.622. The van der Waals surface area contributed by atoms with Crippen LogP contribution in [0.3, 0.4) is 0 Å². The van der Waals surface area contributed by atoms with Gasteiger partial charge < -0.3 is 0 Å². The Kier molecular flexibility index (Phi) is 3.33. The fraction of sp³-hybridized carbons (Fsp3) is 0.294. The highest BCUT2D eigenvalue weighted by atomic mass is 14.3. The van der Waals surface area contributed by atoms with Crippen LogP contribution in [-0.4, -0.2) is 0 Å². The molecule has 0 fully saturated rings. The first kappa shape index (κ1) is 11.9. The van der Waals surface area contributed by atoms with E-state index in [1.807, 2.05) is 0 Å². The molecule has 0 N–H and O–H groups in total. The molecule has 0 saturated carbocycles. The van der Waals surface area contributed by atoms with E-state index in [0.29, 0.717) is 5.92 Å². The lowest BCUT2D eigenvalue weighted by atomic mass is 9.99. The van der Waals surface area contributed by atoms with Crippen LogP contribution in [0.5, 0.6) is 0 Å². The lowest BCUT2D eigenvalue weighted by Gasteiger charge is -2.05. The van der Waals surface area contributed by atoms with Crippen molar-refractivity contribution in [1.29, 1.82) is 0 Å². The van der Waals surface area contributed by atoms with Gasteiger partial charge in [-0.2, -0.15) is 0 Å². The minimum absolute atomic E-state index is 0.521. The summed E-state index contributed by atoms with van der Waals surface area (Å²) in [5.74, 6) is 0.521. The zero-order valence-electron chi connectivity index (χ0n) is 11.1. The zero-order chi connectivity index (χ0) is 12.4. The molecule has 1 aliphatic rings. The summed E-state index contributed by atoms with van der Waals surface area (Å²) in [4.78, 5) is 0. The highest BCUT2D eigenvalue weighted by molar-refractivity contribution is 5.88. The third-order valence-corrected chi connectivity index (χ3v) is 3.39. The summed E-state index contributed by atoms with van der Waals surface area (Å²) < 4.78 is 0. The molecule has 0 spiro atoms. The number of hydrogen-bond acceptors (Lipinski definition) is 0. The van der Waals surface area contributed by atoms with Crippen molar-refractivity contribution in [2.75, 3.05) is 0 Å². The van der Waals surface area contributed by atoms with Gasteiger partial charge in [-0.05, 0) is 43.0 Å². The van der Waals surface area contributed by atoms with Gasteiger partial charge in [0.25, 0.3) is 0 Å². The van der Waals surface area contributed by atoms with Gasteiger partial charge in [-0.25, -0.2) is 0 Å². The van der Waals surface area contributed by atoms with Crippen molar-refractivity contribution < 1.29 is 0 Å². The normalized spacial score (nSPS) is 22.9. The largest absolute Gasteiger partial charge is 0.0832 e. The lowest BCUT2D eigenvalue weighted by molar-refractivity contribution is 0.955. The molecule has 1 aliphatic carbocycles. The van der Waals surface area contributed by atoms with Crippen molar-refractivity contribution in [2.45, 2.75) is 33.6 Å². The maximum absolute atomic E-state index is 2.29. The lowest BCUT2D eigenvalue weighted by Crippen LogP contribution is -1.88. The number of benzene rings is 1. The van der Waals surface area contributed by atoms with Crippen LogP contribution in [0.15, 0.2) is 53.6 Å². The average molecular weight is 224 g/mol. The van der Waals surface area contributed by atoms with Crippen LogP contribution in [0, 0.1) is 0 Å². The minimum atomic E-state index is 0.521. The van der Waals surface area contributed by atoms with E-state index in [9.17, 15) is 0 Å². The Hall–Kier alpha value is -1.56. The molecule has 0 heterocycles. The first-order valence-electron chi connectivity index (χ1n) is 6.26. The van der Waals surface area contributed by atoms with Gasteiger partial charge >= 0.3 is 0 Å². The molecule has 1 unspecified atom stereocenters. The van der Waals surface area contributed by atoms with E-state index in [4.69, 9.17) is 0 Å². The van der Waals surface area contributed by atoms with Crippen LogP contribution >= 0.6 is 0 Å². The molecule has 0 radical (unpaired) electrons. The number of fused-ring (bicyclic) bond motifs is 1. The highest BCUT2D eigenvalue weighted by Crippen LogP contribution is 2.45. The van der Waals surface area contributed by atoms with Crippen LogP contribution in [0.25, 0.3) is 5.57 Å². The molecule has 0 aromatic heterocycles. The van der Waals surface area contributed by atoms with Gasteiger partial charge in [0.2, 0.25) is 0 Å². The molecule has 0 bridgehead atoms. The molecule has 17 heavy (non-hydrogen) atoms. The van der Waals surface area contributed by atoms with E-state index in [1.165, 1.54) is 27.8 Å². The Morgan fingerprint density at radius 2 is 1.88 bits per heavy atom. The van der Waals surface area contributed by atoms with Gasteiger partial charge in [-0.15, -0.1) is 0 Å². The van der Waals surface area contributed by atoms with E-state index in [-0.39, 0.29) is 0 Å². The van der Waals surface area contributed by atoms with Gasteiger partial charge in [-0.1, -0.05) is 55.0 Å². The Balaban J connectivity index is 2.58. The Labute approximate surface area is 104 Å². The molecule has 1 aromatic rings. The SMILES string of the molecule is CC=C1/C(=C\C=C(C)C)c2ccccc2C1C. The van der Waals surface area contributed by atoms with E-state index in [0.717, 1.165) is 0 Å². The topological polar surface area (TPSA) is 0 Å². The summed E-state index contributed by atoms with van der Waals surface area (Å²) in [5, 5.41) is 0. The average Bonchev–Trinajstić information content (AvgIpc) is 2.60. The zero-order valence-corrected chi connectivity index (χ0v) is 11.1. The van der Waals surface area contributed by atoms with Gasteiger partial charge in [0.1, 0.15) is 0 Å². The second kappa shape index (κ2) is 4.75.